The molecule has 114 valence electrons. The molecule has 1 spiro atoms. The lowest BCUT2D eigenvalue weighted by Gasteiger charge is -2.38. The van der Waals surface area contributed by atoms with Crippen LogP contribution in [0.3, 0.4) is 0 Å². The smallest absolute Gasteiger partial charge is 0.248 e. The summed E-state index contributed by atoms with van der Waals surface area (Å²) in [4.78, 5) is 28.0. The molecule has 0 radical (unpaired) electrons. The van der Waals surface area contributed by atoms with Gasteiger partial charge in [0.05, 0.1) is 10.3 Å². The largest absolute Gasteiger partial charge is 0.342 e. The van der Waals surface area contributed by atoms with Crippen molar-refractivity contribution in [2.24, 2.45) is 0 Å². The van der Waals surface area contributed by atoms with Crippen LogP contribution in [-0.2, 0) is 16.1 Å². The molecule has 6 heteroatoms. The van der Waals surface area contributed by atoms with E-state index in [1.54, 1.807) is 11.3 Å². The molecule has 3 rings (SSSR count). The van der Waals surface area contributed by atoms with Crippen LogP contribution in [0.5, 0.6) is 0 Å². The van der Waals surface area contributed by atoms with Crippen LogP contribution in [0.1, 0.15) is 43.4 Å². The minimum atomic E-state index is -0.639. The Bertz CT molecular complexity index is 552. The Labute approximate surface area is 137 Å². The van der Waals surface area contributed by atoms with Crippen molar-refractivity contribution in [3.8, 4) is 0 Å². The molecule has 0 unspecified atom stereocenters. The van der Waals surface area contributed by atoms with E-state index in [1.165, 1.54) is 0 Å². The van der Waals surface area contributed by atoms with E-state index in [2.05, 4.69) is 21.2 Å². The first-order valence-corrected chi connectivity index (χ1v) is 9.05. The Morgan fingerprint density at radius 2 is 2.00 bits per heavy atom. The zero-order valence-corrected chi connectivity index (χ0v) is 14.3. The zero-order valence-electron chi connectivity index (χ0n) is 11.9. The highest BCUT2D eigenvalue weighted by atomic mass is 79.9. The summed E-state index contributed by atoms with van der Waals surface area (Å²) >= 11 is 5.10. The minimum Gasteiger partial charge on any atom is -0.342 e. The van der Waals surface area contributed by atoms with Crippen molar-refractivity contribution < 1.29 is 9.59 Å². The average Bonchev–Trinajstić information content (AvgIpc) is 2.84. The van der Waals surface area contributed by atoms with Gasteiger partial charge in [0.25, 0.3) is 0 Å². The number of nitrogens with one attached hydrogen (secondary N) is 1. The zero-order chi connectivity index (χ0) is 14.9. The van der Waals surface area contributed by atoms with Gasteiger partial charge in [0.15, 0.2) is 0 Å². The summed E-state index contributed by atoms with van der Waals surface area (Å²) in [6, 6.07) is 4.04. The van der Waals surface area contributed by atoms with Gasteiger partial charge in [0.2, 0.25) is 11.8 Å². The maximum atomic E-state index is 13.0. The lowest BCUT2D eigenvalue weighted by molar-refractivity contribution is -0.140. The molecule has 0 aromatic carbocycles. The van der Waals surface area contributed by atoms with Crippen molar-refractivity contribution in [1.82, 2.24) is 10.2 Å². The van der Waals surface area contributed by atoms with Gasteiger partial charge in [-0.2, -0.15) is 0 Å². The standard InChI is InChI=1S/C15H19BrN2O2S/c16-12-5-4-11(21-12)10-18-9-6-13(19)17-15(14(18)20)7-2-1-3-8-15/h4-5H,1-3,6-10H2,(H,17,19). The van der Waals surface area contributed by atoms with Crippen molar-refractivity contribution in [3.63, 3.8) is 0 Å². The van der Waals surface area contributed by atoms with Gasteiger partial charge >= 0.3 is 0 Å². The molecular formula is C15H19BrN2O2S. The summed E-state index contributed by atoms with van der Waals surface area (Å²) in [6.45, 7) is 1.12. The SMILES string of the molecule is O=C1CCN(Cc2ccc(Br)s2)C(=O)C2(CCCCC2)N1. The molecule has 1 aromatic rings. The molecule has 1 aliphatic carbocycles. The number of amides is 2. The van der Waals surface area contributed by atoms with Gasteiger partial charge in [-0.15, -0.1) is 11.3 Å². The van der Waals surface area contributed by atoms with Gasteiger partial charge in [0.1, 0.15) is 5.54 Å². The molecule has 4 nitrogen and oxygen atoms in total. The number of halogens is 1. The van der Waals surface area contributed by atoms with Gasteiger partial charge in [-0.05, 0) is 40.9 Å². The van der Waals surface area contributed by atoms with Gasteiger partial charge in [-0.25, -0.2) is 0 Å². The Hall–Kier alpha value is -0.880. The predicted octanol–water partition coefficient (Wildman–Crippen LogP) is 3.06. The fourth-order valence-corrected chi connectivity index (χ4v) is 4.79. The molecule has 1 aliphatic heterocycles. The molecule has 0 bridgehead atoms. The molecular weight excluding hydrogens is 352 g/mol. The first-order chi connectivity index (χ1) is 10.1. The van der Waals surface area contributed by atoms with Crippen LogP contribution in [0.25, 0.3) is 0 Å². The van der Waals surface area contributed by atoms with Crippen LogP contribution in [-0.4, -0.2) is 28.8 Å². The van der Waals surface area contributed by atoms with E-state index in [-0.39, 0.29) is 11.8 Å². The first-order valence-electron chi connectivity index (χ1n) is 7.44. The molecule has 1 saturated carbocycles. The van der Waals surface area contributed by atoms with Gasteiger partial charge in [0, 0.05) is 17.8 Å². The van der Waals surface area contributed by atoms with Crippen molar-refractivity contribution >= 4 is 39.1 Å². The molecule has 2 fully saturated rings. The second-order valence-electron chi connectivity index (χ2n) is 5.87. The molecule has 1 saturated heterocycles. The Balaban J connectivity index is 1.82. The van der Waals surface area contributed by atoms with Gasteiger partial charge < -0.3 is 10.2 Å². The van der Waals surface area contributed by atoms with E-state index in [1.807, 2.05) is 17.0 Å². The molecule has 1 N–H and O–H groups in total. The van der Waals surface area contributed by atoms with Crippen LogP contribution >= 0.6 is 27.3 Å². The third kappa shape index (κ3) is 3.16. The Kier molecular flexibility index (Phi) is 4.36. The van der Waals surface area contributed by atoms with E-state index in [9.17, 15) is 9.59 Å². The molecule has 21 heavy (non-hydrogen) atoms. The number of rotatable bonds is 2. The van der Waals surface area contributed by atoms with Crippen LogP contribution in [0.2, 0.25) is 0 Å². The van der Waals surface area contributed by atoms with Crippen LogP contribution in [0, 0.1) is 0 Å². The lowest BCUT2D eigenvalue weighted by atomic mass is 9.80. The maximum absolute atomic E-state index is 13.0. The summed E-state index contributed by atoms with van der Waals surface area (Å²) in [5.74, 6) is 0.123. The van der Waals surface area contributed by atoms with E-state index < -0.39 is 5.54 Å². The number of hydrogen-bond acceptors (Lipinski definition) is 3. The second kappa shape index (κ2) is 6.08. The molecule has 2 amide bonds. The van der Waals surface area contributed by atoms with Crippen LogP contribution in [0.4, 0.5) is 0 Å². The number of carbonyl (C=O) groups is 2. The summed E-state index contributed by atoms with van der Waals surface area (Å²) < 4.78 is 1.07. The van der Waals surface area contributed by atoms with E-state index in [4.69, 9.17) is 0 Å². The van der Waals surface area contributed by atoms with Gasteiger partial charge in [-0.3, -0.25) is 9.59 Å². The topological polar surface area (TPSA) is 49.4 Å². The first kappa shape index (κ1) is 15.0. The normalized spacial score (nSPS) is 22.2. The summed E-state index contributed by atoms with van der Waals surface area (Å²) in [5, 5.41) is 3.03. The molecule has 2 heterocycles. The lowest BCUT2D eigenvalue weighted by Crippen LogP contribution is -2.57. The van der Waals surface area contributed by atoms with E-state index >= 15 is 0 Å². The average molecular weight is 371 g/mol. The number of carbonyl (C=O) groups excluding carboxylic acids is 2. The van der Waals surface area contributed by atoms with Crippen molar-refractivity contribution in [2.45, 2.75) is 50.6 Å². The summed E-state index contributed by atoms with van der Waals surface area (Å²) in [7, 11) is 0. The number of nitrogens with zero attached hydrogens (tertiary/aromatic N) is 1. The quantitative estimate of drug-likeness (QED) is 0.869. The highest BCUT2D eigenvalue weighted by molar-refractivity contribution is 9.11. The van der Waals surface area contributed by atoms with Crippen molar-refractivity contribution in [3.05, 3.63) is 20.8 Å². The van der Waals surface area contributed by atoms with Crippen LogP contribution in [0.15, 0.2) is 15.9 Å². The number of thiophene rings is 1. The highest BCUT2D eigenvalue weighted by Gasteiger charge is 2.44. The fourth-order valence-electron chi connectivity index (χ4n) is 3.29. The van der Waals surface area contributed by atoms with Gasteiger partial charge in [-0.1, -0.05) is 19.3 Å². The minimum absolute atomic E-state index is 0.0140. The number of hydrogen-bond donors (Lipinski definition) is 1. The maximum Gasteiger partial charge on any atom is 0.248 e. The molecule has 2 aliphatic rings. The highest BCUT2D eigenvalue weighted by Crippen LogP contribution is 2.33. The van der Waals surface area contributed by atoms with Crippen molar-refractivity contribution in [2.75, 3.05) is 6.54 Å². The Morgan fingerprint density at radius 3 is 2.67 bits per heavy atom. The second-order valence-corrected chi connectivity index (χ2v) is 8.42. The van der Waals surface area contributed by atoms with Crippen molar-refractivity contribution in [1.29, 1.82) is 0 Å². The molecule has 1 aromatic heterocycles. The Morgan fingerprint density at radius 1 is 1.24 bits per heavy atom. The third-order valence-corrected chi connectivity index (χ3v) is 5.98. The molecule has 0 atom stereocenters. The predicted molar refractivity (Wildman–Crippen MR) is 86.0 cm³/mol. The fraction of sp³-hybridized carbons (Fsp3) is 0.600. The van der Waals surface area contributed by atoms with E-state index in [0.717, 1.165) is 40.8 Å². The third-order valence-electron chi connectivity index (χ3n) is 4.37. The summed E-state index contributed by atoms with van der Waals surface area (Å²) in [5.41, 5.74) is -0.639. The summed E-state index contributed by atoms with van der Waals surface area (Å²) in [6.07, 6.45) is 5.15. The van der Waals surface area contributed by atoms with E-state index in [0.29, 0.717) is 19.5 Å². The van der Waals surface area contributed by atoms with Crippen LogP contribution < -0.4 is 5.32 Å². The monoisotopic (exact) mass is 370 g/mol.